The van der Waals surface area contributed by atoms with Gasteiger partial charge in [-0.15, -0.1) is 0 Å². The maximum atomic E-state index is 11.9. The molecule has 4 heteroatoms. The van der Waals surface area contributed by atoms with E-state index < -0.39 is 0 Å². The molecule has 1 unspecified atom stereocenters. The van der Waals surface area contributed by atoms with E-state index in [1.807, 2.05) is 4.90 Å². The van der Waals surface area contributed by atoms with Crippen molar-refractivity contribution >= 4 is 5.91 Å². The zero-order chi connectivity index (χ0) is 9.97. The minimum Gasteiger partial charge on any atom is -0.380 e. The Morgan fingerprint density at radius 3 is 2.93 bits per heavy atom. The third kappa shape index (κ3) is 1.91. The van der Waals surface area contributed by atoms with Gasteiger partial charge < -0.3 is 15.0 Å². The molecule has 0 aliphatic carbocycles. The summed E-state index contributed by atoms with van der Waals surface area (Å²) in [6, 6.07) is 0.0746. The van der Waals surface area contributed by atoms with E-state index in [1.165, 1.54) is 0 Å². The molecule has 0 bridgehead atoms. The van der Waals surface area contributed by atoms with Crippen LogP contribution in [-0.2, 0) is 9.53 Å². The molecule has 2 heterocycles. The van der Waals surface area contributed by atoms with Crippen molar-refractivity contribution in [3.8, 4) is 0 Å². The topological polar surface area (TPSA) is 41.6 Å². The Morgan fingerprint density at radius 1 is 1.50 bits per heavy atom. The summed E-state index contributed by atoms with van der Waals surface area (Å²) in [6.07, 6.45) is 3.35. The van der Waals surface area contributed by atoms with Gasteiger partial charge in [-0.1, -0.05) is 0 Å². The first kappa shape index (κ1) is 9.93. The molecule has 0 radical (unpaired) electrons. The number of amides is 1. The zero-order valence-corrected chi connectivity index (χ0v) is 8.66. The van der Waals surface area contributed by atoms with Crippen LogP contribution in [0.15, 0.2) is 0 Å². The van der Waals surface area contributed by atoms with E-state index in [1.54, 1.807) is 7.11 Å². The molecular formula is C10H18N2O2. The quantitative estimate of drug-likeness (QED) is 0.678. The fourth-order valence-electron chi connectivity index (χ4n) is 2.24. The number of methoxy groups -OCH3 is 1. The molecule has 2 rings (SSSR count). The molecule has 4 nitrogen and oxygen atoms in total. The van der Waals surface area contributed by atoms with E-state index >= 15 is 0 Å². The van der Waals surface area contributed by atoms with Crippen LogP contribution in [0.4, 0.5) is 0 Å². The molecule has 0 aromatic heterocycles. The third-order valence-corrected chi connectivity index (χ3v) is 3.15. The summed E-state index contributed by atoms with van der Waals surface area (Å²) >= 11 is 0. The molecule has 2 fully saturated rings. The highest BCUT2D eigenvalue weighted by atomic mass is 16.5. The van der Waals surface area contributed by atoms with Crippen LogP contribution in [-0.4, -0.2) is 49.7 Å². The number of rotatable bonds is 2. The number of ether oxygens (including phenoxy) is 1. The first-order chi connectivity index (χ1) is 6.81. The monoisotopic (exact) mass is 198 g/mol. The molecule has 2 saturated heterocycles. The number of carbonyl (C=O) groups excluding carboxylic acids is 1. The number of nitrogens with one attached hydrogen (secondary N) is 1. The van der Waals surface area contributed by atoms with Gasteiger partial charge in [-0.05, 0) is 25.8 Å². The molecule has 2 aliphatic heterocycles. The molecule has 14 heavy (non-hydrogen) atoms. The Balaban J connectivity index is 1.86. The van der Waals surface area contributed by atoms with Crippen molar-refractivity contribution in [1.29, 1.82) is 0 Å². The van der Waals surface area contributed by atoms with Crippen LogP contribution in [0, 0.1) is 0 Å². The summed E-state index contributed by atoms with van der Waals surface area (Å²) in [6.45, 7) is 2.61. The van der Waals surface area contributed by atoms with E-state index in [0.29, 0.717) is 0 Å². The van der Waals surface area contributed by atoms with Gasteiger partial charge in [-0.3, -0.25) is 4.79 Å². The van der Waals surface area contributed by atoms with Gasteiger partial charge in [-0.25, -0.2) is 0 Å². The Morgan fingerprint density at radius 2 is 2.36 bits per heavy atom. The van der Waals surface area contributed by atoms with E-state index in [4.69, 9.17) is 4.74 Å². The van der Waals surface area contributed by atoms with Gasteiger partial charge in [0.1, 0.15) is 0 Å². The fourth-order valence-corrected chi connectivity index (χ4v) is 2.24. The maximum absolute atomic E-state index is 11.9. The predicted molar refractivity (Wildman–Crippen MR) is 53.0 cm³/mol. The molecule has 2 atom stereocenters. The van der Waals surface area contributed by atoms with Gasteiger partial charge in [0, 0.05) is 20.2 Å². The number of likely N-dealkylation sites (tertiary alicyclic amines) is 1. The first-order valence-corrected chi connectivity index (χ1v) is 5.36. The molecule has 0 spiro atoms. The Hall–Kier alpha value is -0.610. The maximum Gasteiger partial charge on any atom is 0.239 e. The van der Waals surface area contributed by atoms with E-state index in [-0.39, 0.29) is 18.1 Å². The van der Waals surface area contributed by atoms with Gasteiger partial charge in [0.2, 0.25) is 5.91 Å². The van der Waals surface area contributed by atoms with Crippen molar-refractivity contribution in [2.75, 3.05) is 26.7 Å². The predicted octanol–water partition coefficient (Wildman–Crippen LogP) is -0.0143. The van der Waals surface area contributed by atoms with Gasteiger partial charge in [-0.2, -0.15) is 0 Å². The number of hydrogen-bond donors (Lipinski definition) is 1. The minimum atomic E-state index is 0.0746. The summed E-state index contributed by atoms with van der Waals surface area (Å²) < 4.78 is 5.24. The molecule has 1 N–H and O–H groups in total. The van der Waals surface area contributed by atoms with Crippen molar-refractivity contribution in [1.82, 2.24) is 10.2 Å². The number of nitrogens with zero attached hydrogens (tertiary/aromatic N) is 1. The van der Waals surface area contributed by atoms with Crippen LogP contribution in [0.5, 0.6) is 0 Å². The smallest absolute Gasteiger partial charge is 0.239 e. The lowest BCUT2D eigenvalue weighted by molar-refractivity contribution is -0.132. The molecule has 0 aromatic rings. The van der Waals surface area contributed by atoms with Crippen LogP contribution in [0.25, 0.3) is 0 Å². The highest BCUT2D eigenvalue weighted by Crippen LogP contribution is 2.16. The molecule has 80 valence electrons. The van der Waals surface area contributed by atoms with Crippen LogP contribution in [0.3, 0.4) is 0 Å². The highest BCUT2D eigenvalue weighted by molar-refractivity contribution is 5.82. The van der Waals surface area contributed by atoms with Crippen LogP contribution in [0.2, 0.25) is 0 Å². The Labute approximate surface area is 84.6 Å². The van der Waals surface area contributed by atoms with Crippen molar-refractivity contribution in [3.63, 3.8) is 0 Å². The minimum absolute atomic E-state index is 0.0746. The lowest BCUT2D eigenvalue weighted by atomic mass is 10.2. The highest BCUT2D eigenvalue weighted by Gasteiger charge is 2.31. The van der Waals surface area contributed by atoms with E-state index in [0.717, 1.165) is 38.9 Å². The SMILES string of the molecule is COC1CCN(C(=O)[C@@H]2CCCN2)C1. The van der Waals surface area contributed by atoms with Crippen LogP contribution in [0.1, 0.15) is 19.3 Å². The summed E-state index contributed by atoms with van der Waals surface area (Å²) in [5, 5.41) is 3.23. The van der Waals surface area contributed by atoms with Crippen molar-refractivity contribution in [3.05, 3.63) is 0 Å². The molecule has 0 aromatic carbocycles. The van der Waals surface area contributed by atoms with Crippen LogP contribution < -0.4 is 5.32 Å². The molecule has 1 amide bonds. The number of carbonyl (C=O) groups is 1. The number of hydrogen-bond acceptors (Lipinski definition) is 3. The average molecular weight is 198 g/mol. The molecule has 0 saturated carbocycles. The second-order valence-corrected chi connectivity index (χ2v) is 4.08. The van der Waals surface area contributed by atoms with Crippen molar-refractivity contribution in [2.24, 2.45) is 0 Å². The Kier molecular flexibility index (Phi) is 3.03. The van der Waals surface area contributed by atoms with Gasteiger partial charge in [0.05, 0.1) is 12.1 Å². The van der Waals surface area contributed by atoms with Crippen LogP contribution >= 0.6 is 0 Å². The summed E-state index contributed by atoms with van der Waals surface area (Å²) in [5.74, 6) is 0.266. The first-order valence-electron chi connectivity index (χ1n) is 5.36. The lowest BCUT2D eigenvalue weighted by Gasteiger charge is -2.20. The van der Waals surface area contributed by atoms with E-state index in [9.17, 15) is 4.79 Å². The van der Waals surface area contributed by atoms with Gasteiger partial charge >= 0.3 is 0 Å². The summed E-state index contributed by atoms with van der Waals surface area (Å²) in [4.78, 5) is 13.8. The van der Waals surface area contributed by atoms with Crippen molar-refractivity contribution < 1.29 is 9.53 Å². The lowest BCUT2D eigenvalue weighted by Crippen LogP contribution is -2.42. The third-order valence-electron chi connectivity index (χ3n) is 3.15. The largest absolute Gasteiger partial charge is 0.380 e. The standard InChI is InChI=1S/C10H18N2O2/c1-14-8-4-6-12(7-8)10(13)9-3-2-5-11-9/h8-9,11H,2-7H2,1H3/t8?,9-/m0/s1. The average Bonchev–Trinajstić information content (AvgIpc) is 2.88. The summed E-state index contributed by atoms with van der Waals surface area (Å²) in [5.41, 5.74) is 0. The van der Waals surface area contributed by atoms with Crippen molar-refractivity contribution in [2.45, 2.75) is 31.4 Å². The van der Waals surface area contributed by atoms with E-state index in [2.05, 4.69) is 5.32 Å². The van der Waals surface area contributed by atoms with Gasteiger partial charge in [0.15, 0.2) is 0 Å². The summed E-state index contributed by atoms with van der Waals surface area (Å²) in [7, 11) is 1.71. The molecular weight excluding hydrogens is 180 g/mol. The molecule has 2 aliphatic rings. The zero-order valence-electron chi connectivity index (χ0n) is 8.66. The fraction of sp³-hybridized carbons (Fsp3) is 0.900. The normalized spacial score (nSPS) is 32.5. The second kappa shape index (κ2) is 4.28. The Bertz CT molecular complexity index is 214. The second-order valence-electron chi connectivity index (χ2n) is 4.08. The van der Waals surface area contributed by atoms with Gasteiger partial charge in [0.25, 0.3) is 0 Å².